The van der Waals surface area contributed by atoms with Crippen molar-refractivity contribution in [2.45, 2.75) is 33.2 Å². The topological polar surface area (TPSA) is 89.2 Å². The van der Waals surface area contributed by atoms with Crippen LogP contribution in [-0.2, 0) is 24.8 Å². The molecule has 0 radical (unpaired) electrons. The monoisotopic (exact) mass is 380 g/mol. The van der Waals surface area contributed by atoms with Crippen LogP contribution >= 0.6 is 0 Å². The maximum atomic E-state index is 12.2. The number of hydrogen-bond donors (Lipinski definition) is 2. The second-order valence-corrected chi connectivity index (χ2v) is 6.68. The van der Waals surface area contributed by atoms with Gasteiger partial charge in [-0.15, -0.1) is 0 Å². The van der Waals surface area contributed by atoms with E-state index < -0.39 is 0 Å². The molecule has 2 N–H and O–H groups in total. The Morgan fingerprint density at radius 1 is 1.14 bits per heavy atom. The number of carbonyl (C=O) groups is 2. The zero-order valence-electron chi connectivity index (χ0n) is 16.3. The lowest BCUT2D eigenvalue weighted by Crippen LogP contribution is -2.23. The zero-order valence-corrected chi connectivity index (χ0v) is 16.3. The summed E-state index contributed by atoms with van der Waals surface area (Å²) in [4.78, 5) is 24.1. The first-order chi connectivity index (χ1) is 13.4. The van der Waals surface area contributed by atoms with Crippen molar-refractivity contribution in [2.75, 3.05) is 5.32 Å². The first kappa shape index (κ1) is 19.4. The number of aromatic nitrogens is 2. The van der Waals surface area contributed by atoms with E-state index in [1.54, 1.807) is 24.3 Å². The third kappa shape index (κ3) is 4.68. The van der Waals surface area contributed by atoms with Crippen LogP contribution in [0.5, 0.6) is 0 Å². The molecule has 28 heavy (non-hydrogen) atoms. The van der Waals surface area contributed by atoms with Gasteiger partial charge in [-0.05, 0) is 55.7 Å². The van der Waals surface area contributed by atoms with Crippen molar-refractivity contribution in [1.82, 2.24) is 15.1 Å². The van der Waals surface area contributed by atoms with Crippen molar-refractivity contribution >= 4 is 17.5 Å². The fourth-order valence-corrected chi connectivity index (χ4v) is 3.01. The number of carbonyl (C=O) groups excluding carboxylic acids is 2. The minimum Gasteiger partial charge on any atom is -0.459 e. The van der Waals surface area contributed by atoms with Gasteiger partial charge in [-0.1, -0.05) is 12.1 Å². The lowest BCUT2D eigenvalue weighted by atomic mass is 10.1. The van der Waals surface area contributed by atoms with Gasteiger partial charge in [0.2, 0.25) is 5.91 Å². The number of benzene rings is 1. The molecule has 2 heterocycles. The molecular formula is C21H24N4O3. The summed E-state index contributed by atoms with van der Waals surface area (Å²) in [5.74, 6) is -0.0414. The van der Waals surface area contributed by atoms with Crippen LogP contribution in [0.1, 0.15) is 39.5 Å². The first-order valence-electron chi connectivity index (χ1n) is 9.13. The summed E-state index contributed by atoms with van der Waals surface area (Å²) in [6, 6.07) is 10.6. The zero-order chi connectivity index (χ0) is 20.1. The Balaban J connectivity index is 1.46. The number of aryl methyl sites for hydroxylation is 2. The number of amides is 2. The van der Waals surface area contributed by atoms with Gasteiger partial charge in [0, 0.05) is 31.4 Å². The van der Waals surface area contributed by atoms with Crippen molar-refractivity contribution in [2.24, 2.45) is 7.05 Å². The number of anilines is 1. The Morgan fingerprint density at radius 3 is 2.50 bits per heavy atom. The first-order valence-corrected chi connectivity index (χ1v) is 9.13. The predicted octanol–water partition coefficient (Wildman–Crippen LogP) is 3.13. The molecule has 1 aromatic carbocycles. The van der Waals surface area contributed by atoms with Crippen LogP contribution in [0.4, 0.5) is 5.69 Å². The van der Waals surface area contributed by atoms with E-state index in [4.69, 9.17) is 4.42 Å². The number of furan rings is 1. The molecule has 0 saturated carbocycles. The van der Waals surface area contributed by atoms with Crippen LogP contribution in [-0.4, -0.2) is 21.6 Å². The lowest BCUT2D eigenvalue weighted by molar-refractivity contribution is -0.121. The van der Waals surface area contributed by atoms with E-state index in [1.807, 2.05) is 37.7 Å². The highest BCUT2D eigenvalue weighted by Gasteiger charge is 2.11. The Bertz CT molecular complexity index is 956. The van der Waals surface area contributed by atoms with Crippen LogP contribution in [0, 0.1) is 13.8 Å². The molecule has 146 valence electrons. The second kappa shape index (κ2) is 8.56. The summed E-state index contributed by atoms with van der Waals surface area (Å²) in [5, 5.41) is 10.1. The van der Waals surface area contributed by atoms with E-state index in [-0.39, 0.29) is 17.6 Å². The summed E-state index contributed by atoms with van der Waals surface area (Å²) in [6.45, 7) is 4.42. The molecule has 2 aromatic heterocycles. The number of nitrogens with zero attached hydrogens (tertiary/aromatic N) is 2. The number of nitrogens with one attached hydrogen (secondary N) is 2. The SMILES string of the molecule is Cc1nn(C)c(C)c1CCC(=O)NCc1ccc(NC(=O)c2ccco2)cc1. The molecule has 0 aliphatic carbocycles. The summed E-state index contributed by atoms with van der Waals surface area (Å²) in [6.07, 6.45) is 2.55. The second-order valence-electron chi connectivity index (χ2n) is 6.68. The number of hydrogen-bond acceptors (Lipinski definition) is 4. The van der Waals surface area contributed by atoms with Gasteiger partial charge >= 0.3 is 0 Å². The predicted molar refractivity (Wildman–Crippen MR) is 106 cm³/mol. The molecule has 0 spiro atoms. The van der Waals surface area contributed by atoms with Crippen molar-refractivity contribution in [3.05, 3.63) is 70.9 Å². The lowest BCUT2D eigenvalue weighted by Gasteiger charge is -2.08. The van der Waals surface area contributed by atoms with Crippen LogP contribution in [0.2, 0.25) is 0 Å². The normalized spacial score (nSPS) is 10.7. The van der Waals surface area contributed by atoms with Crippen molar-refractivity contribution < 1.29 is 14.0 Å². The van der Waals surface area contributed by atoms with Crippen LogP contribution in [0.15, 0.2) is 47.1 Å². The molecule has 0 aliphatic rings. The molecule has 7 nitrogen and oxygen atoms in total. The smallest absolute Gasteiger partial charge is 0.291 e. The van der Waals surface area contributed by atoms with Gasteiger partial charge in [0.15, 0.2) is 5.76 Å². The maximum Gasteiger partial charge on any atom is 0.291 e. The van der Waals surface area contributed by atoms with Crippen LogP contribution in [0.3, 0.4) is 0 Å². The molecule has 0 unspecified atom stereocenters. The van der Waals surface area contributed by atoms with Crippen LogP contribution < -0.4 is 10.6 Å². The van der Waals surface area contributed by atoms with E-state index in [0.29, 0.717) is 25.1 Å². The summed E-state index contributed by atoms with van der Waals surface area (Å²) in [7, 11) is 1.91. The molecule has 0 bridgehead atoms. The Hall–Kier alpha value is -3.35. The highest BCUT2D eigenvalue weighted by molar-refractivity contribution is 6.02. The minimum atomic E-state index is -0.299. The van der Waals surface area contributed by atoms with Gasteiger partial charge < -0.3 is 15.1 Å². The molecule has 2 amide bonds. The van der Waals surface area contributed by atoms with Crippen LogP contribution in [0.25, 0.3) is 0 Å². The molecule has 0 saturated heterocycles. The molecular weight excluding hydrogens is 356 g/mol. The van der Waals surface area contributed by atoms with Gasteiger partial charge in [-0.3, -0.25) is 14.3 Å². The molecule has 3 rings (SSSR count). The third-order valence-electron chi connectivity index (χ3n) is 4.71. The molecule has 0 atom stereocenters. The third-order valence-corrected chi connectivity index (χ3v) is 4.71. The average Bonchev–Trinajstić information content (AvgIpc) is 3.29. The van der Waals surface area contributed by atoms with E-state index in [0.717, 1.165) is 22.5 Å². The maximum absolute atomic E-state index is 12.2. The highest BCUT2D eigenvalue weighted by atomic mass is 16.3. The van der Waals surface area contributed by atoms with E-state index in [1.165, 1.54) is 6.26 Å². The van der Waals surface area contributed by atoms with Crippen molar-refractivity contribution in [3.63, 3.8) is 0 Å². The Kier molecular flexibility index (Phi) is 5.93. The van der Waals surface area contributed by atoms with Gasteiger partial charge in [-0.2, -0.15) is 5.10 Å². The standard InChI is InChI=1S/C21H24N4O3/c1-14-18(15(2)25(3)24-14)10-11-20(26)22-13-16-6-8-17(9-7-16)23-21(27)19-5-4-12-28-19/h4-9,12H,10-11,13H2,1-3H3,(H,22,26)(H,23,27). The minimum absolute atomic E-state index is 0.00199. The van der Waals surface area contributed by atoms with E-state index in [9.17, 15) is 9.59 Å². The van der Waals surface area contributed by atoms with E-state index in [2.05, 4.69) is 15.7 Å². The quantitative estimate of drug-likeness (QED) is 0.659. The highest BCUT2D eigenvalue weighted by Crippen LogP contribution is 2.14. The Morgan fingerprint density at radius 2 is 1.89 bits per heavy atom. The average molecular weight is 380 g/mol. The molecule has 7 heteroatoms. The van der Waals surface area contributed by atoms with Crippen molar-refractivity contribution in [3.8, 4) is 0 Å². The molecule has 0 fully saturated rings. The largest absolute Gasteiger partial charge is 0.459 e. The van der Waals surface area contributed by atoms with Gasteiger partial charge in [0.25, 0.3) is 5.91 Å². The summed E-state index contributed by atoms with van der Waals surface area (Å²) in [5.41, 5.74) is 4.82. The van der Waals surface area contributed by atoms with Gasteiger partial charge in [0.1, 0.15) is 0 Å². The fraction of sp³-hybridized carbons (Fsp3) is 0.286. The summed E-state index contributed by atoms with van der Waals surface area (Å²) >= 11 is 0. The fourth-order valence-electron chi connectivity index (χ4n) is 3.01. The van der Waals surface area contributed by atoms with Crippen molar-refractivity contribution in [1.29, 1.82) is 0 Å². The van der Waals surface area contributed by atoms with Gasteiger partial charge in [-0.25, -0.2) is 0 Å². The number of rotatable bonds is 7. The summed E-state index contributed by atoms with van der Waals surface area (Å²) < 4.78 is 6.90. The van der Waals surface area contributed by atoms with Gasteiger partial charge in [0.05, 0.1) is 12.0 Å². The Labute approximate surface area is 163 Å². The van der Waals surface area contributed by atoms with E-state index >= 15 is 0 Å². The molecule has 3 aromatic rings. The molecule has 0 aliphatic heterocycles.